The molecule has 0 spiro atoms. The van der Waals surface area contributed by atoms with Crippen molar-refractivity contribution in [3.8, 4) is 0 Å². The zero-order valence-electron chi connectivity index (χ0n) is 14.9. The summed E-state index contributed by atoms with van der Waals surface area (Å²) < 4.78 is 42.2. The van der Waals surface area contributed by atoms with Crippen molar-refractivity contribution in [2.75, 3.05) is 13.2 Å². The Kier molecular flexibility index (Phi) is 7.60. The van der Waals surface area contributed by atoms with E-state index in [1.807, 2.05) is 0 Å². The van der Waals surface area contributed by atoms with Crippen molar-refractivity contribution in [2.45, 2.75) is 12.7 Å². The first kappa shape index (κ1) is 22.2. The Labute approximate surface area is 169 Å². The Hall–Kier alpha value is -3.07. The van der Waals surface area contributed by atoms with Crippen LogP contribution in [-0.4, -0.2) is 30.9 Å². The van der Waals surface area contributed by atoms with Gasteiger partial charge in [-0.2, -0.15) is 13.2 Å². The van der Waals surface area contributed by atoms with E-state index >= 15 is 0 Å². The number of benzene rings is 2. The minimum Gasteiger partial charge on any atom is -0.454 e. The number of ether oxygens (including phenoxy) is 1. The summed E-state index contributed by atoms with van der Waals surface area (Å²) in [5, 5.41) is 5.31. The van der Waals surface area contributed by atoms with Crippen LogP contribution in [0, 0.1) is 0 Å². The molecule has 0 bridgehead atoms. The van der Waals surface area contributed by atoms with Crippen molar-refractivity contribution < 1.29 is 32.3 Å². The third-order valence-corrected chi connectivity index (χ3v) is 3.89. The zero-order chi connectivity index (χ0) is 21.4. The molecule has 154 valence electrons. The topological polar surface area (TPSA) is 84.5 Å². The van der Waals surface area contributed by atoms with Crippen molar-refractivity contribution in [2.24, 2.45) is 0 Å². The Morgan fingerprint density at radius 3 is 2.14 bits per heavy atom. The molecule has 0 aliphatic carbocycles. The molecular weight excluding hydrogens is 413 g/mol. The lowest BCUT2D eigenvalue weighted by Crippen LogP contribution is -2.33. The van der Waals surface area contributed by atoms with E-state index in [0.29, 0.717) is 5.02 Å². The first-order valence-corrected chi connectivity index (χ1v) is 8.65. The SMILES string of the molecule is O=C(COC(=O)CNC(=O)c1ccc(C(F)(F)F)cc1)NCc1ccc(Cl)cc1. The highest BCUT2D eigenvalue weighted by Crippen LogP contribution is 2.29. The first-order chi connectivity index (χ1) is 13.6. The first-order valence-electron chi connectivity index (χ1n) is 8.27. The van der Waals surface area contributed by atoms with E-state index in [-0.39, 0.29) is 12.1 Å². The normalized spacial score (nSPS) is 10.9. The molecule has 2 rings (SSSR count). The Morgan fingerprint density at radius 2 is 1.55 bits per heavy atom. The van der Waals surface area contributed by atoms with Gasteiger partial charge < -0.3 is 15.4 Å². The summed E-state index contributed by atoms with van der Waals surface area (Å²) in [6, 6.07) is 10.3. The molecule has 0 fully saturated rings. The van der Waals surface area contributed by atoms with E-state index in [4.69, 9.17) is 16.3 Å². The molecule has 10 heteroatoms. The predicted molar refractivity (Wildman–Crippen MR) is 98.0 cm³/mol. The number of hydrogen-bond donors (Lipinski definition) is 2. The summed E-state index contributed by atoms with van der Waals surface area (Å²) in [4.78, 5) is 35.1. The third kappa shape index (κ3) is 7.46. The molecule has 0 heterocycles. The highest BCUT2D eigenvalue weighted by molar-refractivity contribution is 6.30. The van der Waals surface area contributed by atoms with E-state index in [1.54, 1.807) is 24.3 Å². The second-order valence-corrected chi connectivity index (χ2v) is 6.26. The lowest BCUT2D eigenvalue weighted by Gasteiger charge is -2.09. The standard InChI is InChI=1S/C19H16ClF3N2O4/c20-15-7-1-12(2-8-15)9-24-16(26)11-29-17(27)10-25-18(28)13-3-5-14(6-4-13)19(21,22)23/h1-8H,9-11H2,(H,24,26)(H,25,28). The number of nitrogens with one attached hydrogen (secondary N) is 2. The number of halogens is 4. The highest BCUT2D eigenvalue weighted by Gasteiger charge is 2.30. The Bertz CT molecular complexity index is 869. The van der Waals surface area contributed by atoms with Crippen LogP contribution in [0.5, 0.6) is 0 Å². The fraction of sp³-hybridized carbons (Fsp3) is 0.211. The van der Waals surface area contributed by atoms with Gasteiger partial charge in [0, 0.05) is 17.1 Å². The smallest absolute Gasteiger partial charge is 0.416 e. The van der Waals surface area contributed by atoms with Crippen molar-refractivity contribution in [1.29, 1.82) is 0 Å². The molecule has 0 aromatic heterocycles. The van der Waals surface area contributed by atoms with E-state index < -0.39 is 42.7 Å². The number of alkyl halides is 3. The van der Waals surface area contributed by atoms with Crippen LogP contribution in [-0.2, 0) is 27.0 Å². The molecule has 2 amide bonds. The minimum absolute atomic E-state index is 0.0495. The molecule has 0 unspecified atom stereocenters. The van der Waals surface area contributed by atoms with Gasteiger partial charge in [0.25, 0.3) is 11.8 Å². The largest absolute Gasteiger partial charge is 0.454 e. The summed E-state index contributed by atoms with van der Waals surface area (Å²) >= 11 is 5.76. The number of hydrogen-bond acceptors (Lipinski definition) is 4. The maximum absolute atomic E-state index is 12.5. The highest BCUT2D eigenvalue weighted by atomic mass is 35.5. The van der Waals surface area contributed by atoms with Crippen LogP contribution in [0.15, 0.2) is 48.5 Å². The monoisotopic (exact) mass is 428 g/mol. The lowest BCUT2D eigenvalue weighted by atomic mass is 10.1. The maximum atomic E-state index is 12.5. The van der Waals surface area contributed by atoms with Gasteiger partial charge in [-0.3, -0.25) is 14.4 Å². The van der Waals surface area contributed by atoms with Gasteiger partial charge in [-0.15, -0.1) is 0 Å². The van der Waals surface area contributed by atoms with Gasteiger partial charge >= 0.3 is 12.1 Å². The molecule has 6 nitrogen and oxygen atoms in total. The lowest BCUT2D eigenvalue weighted by molar-refractivity contribution is -0.147. The van der Waals surface area contributed by atoms with E-state index in [0.717, 1.165) is 29.8 Å². The molecule has 0 radical (unpaired) electrons. The molecule has 2 aromatic carbocycles. The van der Waals surface area contributed by atoms with Crippen molar-refractivity contribution in [3.05, 3.63) is 70.2 Å². The minimum atomic E-state index is -4.51. The van der Waals surface area contributed by atoms with Crippen LogP contribution < -0.4 is 10.6 Å². The Balaban J connectivity index is 1.70. The molecule has 29 heavy (non-hydrogen) atoms. The fourth-order valence-electron chi connectivity index (χ4n) is 2.12. The van der Waals surface area contributed by atoms with Gasteiger partial charge in [0.2, 0.25) is 0 Å². The van der Waals surface area contributed by atoms with Crippen LogP contribution in [0.3, 0.4) is 0 Å². The second kappa shape index (κ2) is 9.92. The van der Waals surface area contributed by atoms with E-state index in [9.17, 15) is 27.6 Å². The molecular formula is C19H16ClF3N2O4. The Morgan fingerprint density at radius 1 is 0.931 bits per heavy atom. The van der Waals surface area contributed by atoms with Gasteiger partial charge in [0.1, 0.15) is 6.54 Å². The van der Waals surface area contributed by atoms with Gasteiger partial charge in [-0.05, 0) is 42.0 Å². The number of rotatable bonds is 7. The van der Waals surface area contributed by atoms with Gasteiger partial charge in [-0.25, -0.2) is 0 Å². The summed E-state index contributed by atoms with van der Waals surface area (Å²) in [7, 11) is 0. The van der Waals surface area contributed by atoms with Crippen LogP contribution in [0.1, 0.15) is 21.5 Å². The molecule has 0 aliphatic rings. The summed E-state index contributed by atoms with van der Waals surface area (Å²) in [5.74, 6) is -2.16. The molecule has 2 aromatic rings. The van der Waals surface area contributed by atoms with Crippen molar-refractivity contribution in [1.82, 2.24) is 10.6 Å². The number of esters is 1. The van der Waals surface area contributed by atoms with Crippen molar-refractivity contribution in [3.63, 3.8) is 0 Å². The number of carbonyl (C=O) groups excluding carboxylic acids is 3. The summed E-state index contributed by atoms with van der Waals surface area (Å²) in [6.45, 7) is -0.856. The summed E-state index contributed by atoms with van der Waals surface area (Å²) in [5.41, 5.74) is -0.137. The van der Waals surface area contributed by atoms with E-state index in [1.165, 1.54) is 0 Å². The van der Waals surface area contributed by atoms with Gasteiger partial charge in [-0.1, -0.05) is 23.7 Å². The van der Waals surface area contributed by atoms with Crippen LogP contribution in [0.2, 0.25) is 5.02 Å². The summed E-state index contributed by atoms with van der Waals surface area (Å²) in [6.07, 6.45) is -4.51. The zero-order valence-corrected chi connectivity index (χ0v) is 15.6. The molecule has 2 N–H and O–H groups in total. The van der Waals surface area contributed by atoms with Crippen LogP contribution in [0.25, 0.3) is 0 Å². The quantitative estimate of drug-likeness (QED) is 0.664. The van der Waals surface area contributed by atoms with Gasteiger partial charge in [0.05, 0.1) is 5.56 Å². The fourth-order valence-corrected chi connectivity index (χ4v) is 2.24. The molecule has 0 saturated heterocycles. The average molecular weight is 429 g/mol. The number of amides is 2. The van der Waals surface area contributed by atoms with E-state index in [2.05, 4.69) is 10.6 Å². The number of carbonyl (C=O) groups is 3. The second-order valence-electron chi connectivity index (χ2n) is 5.82. The molecule has 0 aliphatic heterocycles. The van der Waals surface area contributed by atoms with Gasteiger partial charge in [0.15, 0.2) is 6.61 Å². The van der Waals surface area contributed by atoms with Crippen LogP contribution >= 0.6 is 11.6 Å². The molecule has 0 atom stereocenters. The third-order valence-electron chi connectivity index (χ3n) is 3.63. The maximum Gasteiger partial charge on any atom is 0.416 e. The van der Waals surface area contributed by atoms with Crippen LogP contribution in [0.4, 0.5) is 13.2 Å². The van der Waals surface area contributed by atoms with Crippen molar-refractivity contribution >= 4 is 29.4 Å². The molecule has 0 saturated carbocycles. The average Bonchev–Trinajstić information content (AvgIpc) is 2.69. The predicted octanol–water partition coefficient (Wildman–Crippen LogP) is 2.95.